The molecule has 0 unspecified atom stereocenters. The van der Waals surface area contributed by atoms with Crippen molar-refractivity contribution < 1.29 is 14.3 Å². The first-order valence-corrected chi connectivity index (χ1v) is 12.0. The minimum Gasteiger partial charge on any atom is -0.487 e. The monoisotopic (exact) mass is 499 g/mol. The Bertz CT molecular complexity index is 1330. The topological polar surface area (TPSA) is 62.7 Å². The fourth-order valence-corrected chi connectivity index (χ4v) is 5.63. The number of piperazine rings is 1. The number of rotatable bonds is 2. The predicted molar refractivity (Wildman–Crippen MR) is 131 cm³/mol. The Morgan fingerprint density at radius 3 is 2.88 bits per heavy atom. The van der Waals surface area contributed by atoms with E-state index in [1.165, 1.54) is 17.4 Å². The minimum absolute atomic E-state index is 0.137. The summed E-state index contributed by atoms with van der Waals surface area (Å²) in [5.41, 5.74) is 5.15. The van der Waals surface area contributed by atoms with Gasteiger partial charge in [0.25, 0.3) is 0 Å². The van der Waals surface area contributed by atoms with Crippen LogP contribution in [0.4, 0.5) is 0 Å². The van der Waals surface area contributed by atoms with Crippen LogP contribution in [0, 0.1) is 0 Å². The molecule has 0 atom stereocenters. The highest BCUT2D eigenvalue weighted by Crippen LogP contribution is 2.45. The lowest BCUT2D eigenvalue weighted by Gasteiger charge is -2.37. The van der Waals surface area contributed by atoms with Crippen molar-refractivity contribution in [3.63, 3.8) is 0 Å². The maximum absolute atomic E-state index is 13.3. The van der Waals surface area contributed by atoms with Crippen LogP contribution in [0.5, 0.6) is 5.75 Å². The molecule has 3 aromatic rings. The fraction of sp³-hybridized carbons (Fsp3) is 0.208. The number of Topliss-reactive ketones (excluding diaryl/α,β-unsaturated/α-hetero) is 1. The maximum atomic E-state index is 13.3. The molecule has 33 heavy (non-hydrogen) atoms. The smallest absolute Gasteiger partial charge is 0.246 e. The van der Waals surface area contributed by atoms with E-state index in [1.54, 1.807) is 16.5 Å². The van der Waals surface area contributed by atoms with E-state index in [1.807, 2.05) is 29.2 Å². The van der Waals surface area contributed by atoms with Crippen molar-refractivity contribution in [2.24, 2.45) is 0 Å². The zero-order valence-electron chi connectivity index (χ0n) is 17.5. The second-order valence-electron chi connectivity index (χ2n) is 7.74. The van der Waals surface area contributed by atoms with E-state index in [9.17, 15) is 9.59 Å². The van der Waals surface area contributed by atoms with Crippen molar-refractivity contribution in [2.45, 2.75) is 0 Å². The molecular weight excluding hydrogens is 481 g/mol. The molecule has 0 radical (unpaired) electrons. The van der Waals surface area contributed by atoms with Gasteiger partial charge in [-0.2, -0.15) is 0 Å². The van der Waals surface area contributed by atoms with Gasteiger partial charge in [-0.1, -0.05) is 41.9 Å². The maximum Gasteiger partial charge on any atom is 0.246 e. The Balaban J connectivity index is 1.56. The Morgan fingerprint density at radius 1 is 1.21 bits per heavy atom. The van der Waals surface area contributed by atoms with Gasteiger partial charge in [-0.3, -0.25) is 9.59 Å². The molecule has 168 valence electrons. The molecule has 5 rings (SSSR count). The molecule has 0 N–H and O–H groups in total. The molecule has 1 fully saturated rings. The van der Waals surface area contributed by atoms with Crippen LogP contribution in [0.2, 0.25) is 10.0 Å². The van der Waals surface area contributed by atoms with Gasteiger partial charge in [-0.25, -0.2) is 4.98 Å². The predicted octanol–water partition coefficient (Wildman–Crippen LogP) is 5.06. The molecule has 0 aliphatic carbocycles. The summed E-state index contributed by atoms with van der Waals surface area (Å²) in [6.07, 6.45) is 3.19. The summed E-state index contributed by atoms with van der Waals surface area (Å²) in [6, 6.07) is 7.45. The summed E-state index contributed by atoms with van der Waals surface area (Å²) in [7, 11) is 0. The molecule has 0 spiro atoms. The molecule has 2 aromatic carbocycles. The number of thiazole rings is 1. The summed E-state index contributed by atoms with van der Waals surface area (Å²) in [4.78, 5) is 33.5. The van der Waals surface area contributed by atoms with Crippen LogP contribution >= 0.6 is 34.5 Å². The van der Waals surface area contributed by atoms with Gasteiger partial charge in [0.2, 0.25) is 5.91 Å². The molecule has 6 nitrogen and oxygen atoms in total. The normalized spacial score (nSPS) is 16.2. The van der Waals surface area contributed by atoms with Crippen molar-refractivity contribution >= 4 is 56.4 Å². The molecule has 2 aliphatic heterocycles. The van der Waals surface area contributed by atoms with Gasteiger partial charge in [0.05, 0.1) is 44.4 Å². The van der Waals surface area contributed by atoms with E-state index in [4.69, 9.17) is 27.9 Å². The molecule has 9 heteroatoms. The third-order valence-corrected chi connectivity index (χ3v) is 7.32. The Morgan fingerprint density at radius 2 is 2.06 bits per heavy atom. The zero-order chi connectivity index (χ0) is 23.1. The average molecular weight is 500 g/mol. The number of halogens is 2. The summed E-state index contributed by atoms with van der Waals surface area (Å²) in [6.45, 7) is 5.35. The molecule has 0 saturated carbocycles. The van der Waals surface area contributed by atoms with Crippen LogP contribution < -0.4 is 4.74 Å². The summed E-state index contributed by atoms with van der Waals surface area (Å²) in [5.74, 6) is 0.0224. The van der Waals surface area contributed by atoms with Crippen LogP contribution in [0.15, 0.2) is 54.2 Å². The van der Waals surface area contributed by atoms with E-state index in [0.29, 0.717) is 41.5 Å². The van der Waals surface area contributed by atoms with Crippen molar-refractivity contribution in [2.75, 3.05) is 32.8 Å². The lowest BCUT2D eigenvalue weighted by Crippen LogP contribution is -2.48. The lowest BCUT2D eigenvalue weighted by molar-refractivity contribution is -0.126. The Hall–Kier alpha value is -2.87. The first kappa shape index (κ1) is 21.9. The van der Waals surface area contributed by atoms with E-state index >= 15 is 0 Å². The van der Waals surface area contributed by atoms with E-state index in [-0.39, 0.29) is 29.9 Å². The van der Waals surface area contributed by atoms with E-state index < -0.39 is 0 Å². The van der Waals surface area contributed by atoms with E-state index in [2.05, 4.69) is 11.6 Å². The first-order valence-electron chi connectivity index (χ1n) is 10.3. The number of hydrogen-bond acceptors (Lipinski definition) is 6. The van der Waals surface area contributed by atoms with Crippen molar-refractivity contribution in [1.82, 2.24) is 14.8 Å². The van der Waals surface area contributed by atoms with Gasteiger partial charge in [-0.15, -0.1) is 11.3 Å². The number of amides is 1. The third kappa shape index (κ3) is 3.90. The number of nitrogens with zero attached hydrogens (tertiary/aromatic N) is 3. The number of para-hydroxylation sites is 1. The number of ketones is 1. The van der Waals surface area contributed by atoms with Gasteiger partial charge < -0.3 is 14.5 Å². The minimum atomic E-state index is -0.150. The van der Waals surface area contributed by atoms with Crippen LogP contribution in [0.1, 0.15) is 10.4 Å². The van der Waals surface area contributed by atoms with Gasteiger partial charge in [0.15, 0.2) is 5.78 Å². The largest absolute Gasteiger partial charge is 0.487 e. The van der Waals surface area contributed by atoms with Gasteiger partial charge in [0, 0.05) is 29.9 Å². The van der Waals surface area contributed by atoms with Crippen LogP contribution in [-0.4, -0.2) is 59.3 Å². The summed E-state index contributed by atoms with van der Waals surface area (Å²) >= 11 is 15.0. The first-order chi connectivity index (χ1) is 16.0. The number of hydrogen-bond donors (Lipinski definition) is 0. The van der Waals surface area contributed by atoms with Crippen LogP contribution in [-0.2, 0) is 4.79 Å². The number of benzene rings is 2. The van der Waals surface area contributed by atoms with Crippen molar-refractivity contribution in [3.8, 4) is 16.9 Å². The van der Waals surface area contributed by atoms with Crippen molar-refractivity contribution in [3.05, 3.63) is 69.8 Å². The number of fused-ring (bicyclic) bond motifs is 3. The second-order valence-corrected chi connectivity index (χ2v) is 9.42. The van der Waals surface area contributed by atoms with Crippen LogP contribution in [0.3, 0.4) is 0 Å². The molecule has 2 aliphatic rings. The highest BCUT2D eigenvalue weighted by atomic mass is 35.5. The molecular formula is C24H19Cl2N3O3S. The molecule has 1 aromatic heterocycles. The molecule has 1 amide bonds. The Kier molecular flexibility index (Phi) is 5.86. The zero-order valence-corrected chi connectivity index (χ0v) is 19.8. The standard InChI is InChI=1S/C24H19Cl2N3O3S/c1-2-20(31)29-8-7-28-12-18(30)16-10-17(25)21(15-4-3-5-19-23(15)27-13-33-19)22(26)24(16)32-9-6-14(28)11-29/h2-6,10,13H,1,7-9,11-12H2. The van der Waals surface area contributed by atoms with E-state index in [0.717, 1.165) is 21.5 Å². The van der Waals surface area contributed by atoms with Gasteiger partial charge >= 0.3 is 0 Å². The summed E-state index contributed by atoms with van der Waals surface area (Å²) in [5, 5.41) is 0.651. The van der Waals surface area contributed by atoms with Crippen LogP contribution in [0.25, 0.3) is 21.3 Å². The number of carbonyl (C=O) groups excluding carboxylic acids is 2. The average Bonchev–Trinajstić information content (AvgIpc) is 3.31. The van der Waals surface area contributed by atoms with Gasteiger partial charge in [-0.05, 0) is 24.3 Å². The molecule has 0 bridgehead atoms. The van der Waals surface area contributed by atoms with Crippen molar-refractivity contribution in [1.29, 1.82) is 0 Å². The second kappa shape index (κ2) is 8.82. The third-order valence-electron chi connectivity index (χ3n) is 5.87. The highest BCUT2D eigenvalue weighted by molar-refractivity contribution is 7.16. The number of ether oxygens (including phenoxy) is 1. The molecule has 3 heterocycles. The number of aromatic nitrogens is 1. The number of carbonyl (C=O) groups is 2. The van der Waals surface area contributed by atoms with Gasteiger partial charge in [0.1, 0.15) is 12.4 Å². The fourth-order valence-electron chi connectivity index (χ4n) is 4.22. The SMILES string of the molecule is C=CC(=O)N1CCN2CC(=O)c3cc(Cl)c(-c4cccc5scnc45)c(Cl)c3OCC=C2C1. The lowest BCUT2D eigenvalue weighted by atomic mass is 9.99. The molecule has 1 saturated heterocycles. The highest BCUT2D eigenvalue weighted by Gasteiger charge is 2.29. The quantitative estimate of drug-likeness (QED) is 0.461. The summed E-state index contributed by atoms with van der Waals surface area (Å²) < 4.78 is 7.05. The Labute approximate surface area is 204 Å².